The molecule has 0 bridgehead atoms. The molecule has 0 aliphatic heterocycles. The largest absolute Gasteiger partial charge is 0.497 e. The van der Waals surface area contributed by atoms with Crippen molar-refractivity contribution in [2.45, 2.75) is 24.3 Å². The number of H-pyrrole nitrogens is 1. The fourth-order valence-corrected chi connectivity index (χ4v) is 5.09. The molecule has 4 aromatic rings. The minimum atomic E-state index is -1.12. The highest BCUT2D eigenvalue weighted by molar-refractivity contribution is 7.98. The molecule has 2 N–H and O–H groups in total. The number of nitrogens with one attached hydrogen (secondary N) is 1. The molecule has 4 rings (SSSR count). The van der Waals surface area contributed by atoms with Gasteiger partial charge in [0.1, 0.15) is 16.3 Å². The van der Waals surface area contributed by atoms with Crippen molar-refractivity contribution in [3.05, 3.63) is 63.1 Å². The summed E-state index contributed by atoms with van der Waals surface area (Å²) in [5.74, 6) is 0.352. The molecule has 0 spiro atoms. The Labute approximate surface area is 179 Å². The first-order valence-electron chi connectivity index (χ1n) is 9.15. The number of ether oxygens (including phenoxy) is 1. The Morgan fingerprint density at radius 2 is 2.17 bits per heavy atom. The third-order valence-corrected chi connectivity index (χ3v) is 6.64. The number of methoxy groups -OCH3 is 1. The van der Waals surface area contributed by atoms with Crippen molar-refractivity contribution in [2.24, 2.45) is 0 Å². The normalized spacial score (nSPS) is 11.1. The molecule has 9 heteroatoms. The minimum absolute atomic E-state index is 0.115. The Bertz CT molecular complexity index is 1290. The number of hydrogen-bond donors (Lipinski definition) is 2. The van der Waals surface area contributed by atoms with Crippen LogP contribution in [0.3, 0.4) is 0 Å². The Kier molecular flexibility index (Phi) is 5.65. The van der Waals surface area contributed by atoms with Gasteiger partial charge in [0.2, 0.25) is 5.76 Å². The van der Waals surface area contributed by atoms with Gasteiger partial charge in [-0.05, 0) is 36.2 Å². The number of hydrogen-bond acceptors (Lipinski definition) is 7. The predicted molar refractivity (Wildman–Crippen MR) is 117 cm³/mol. The molecule has 0 saturated carbocycles. The van der Waals surface area contributed by atoms with E-state index in [2.05, 4.69) is 16.9 Å². The van der Waals surface area contributed by atoms with Crippen LogP contribution >= 0.6 is 23.1 Å². The molecule has 0 unspecified atom stereocenters. The van der Waals surface area contributed by atoms with Gasteiger partial charge in [-0.3, -0.25) is 4.79 Å². The van der Waals surface area contributed by atoms with Gasteiger partial charge in [0, 0.05) is 10.4 Å². The number of aromatic nitrogens is 2. The molecule has 0 fully saturated rings. The second-order valence-electron chi connectivity index (χ2n) is 6.40. The number of aromatic carboxylic acids is 1. The first kappa shape index (κ1) is 20.2. The number of rotatable bonds is 7. The quantitative estimate of drug-likeness (QED) is 0.313. The first-order valence-corrected chi connectivity index (χ1v) is 10.9. The smallest absolute Gasteiger partial charge is 0.371 e. The summed E-state index contributed by atoms with van der Waals surface area (Å²) in [6.45, 7) is 2.05. The predicted octanol–water partition coefficient (Wildman–Crippen LogP) is 4.81. The van der Waals surface area contributed by atoms with E-state index in [-0.39, 0.29) is 11.3 Å². The molecule has 3 heterocycles. The maximum atomic E-state index is 12.9. The minimum Gasteiger partial charge on any atom is -0.497 e. The van der Waals surface area contributed by atoms with Gasteiger partial charge in [-0.2, -0.15) is 0 Å². The first-order chi connectivity index (χ1) is 14.5. The molecule has 7 nitrogen and oxygen atoms in total. The molecule has 0 radical (unpaired) electrons. The van der Waals surface area contributed by atoms with Gasteiger partial charge in [-0.15, -0.1) is 11.3 Å². The number of carboxylic acid groups (broad SMARTS) is 1. The Balaban J connectivity index is 1.70. The molecule has 0 saturated heterocycles. The summed E-state index contributed by atoms with van der Waals surface area (Å²) in [4.78, 5) is 33.1. The van der Waals surface area contributed by atoms with E-state index in [1.165, 1.54) is 29.2 Å². The summed E-state index contributed by atoms with van der Waals surface area (Å²) in [6.07, 6.45) is 0.778. The molecule has 0 atom stereocenters. The van der Waals surface area contributed by atoms with Crippen molar-refractivity contribution in [3.8, 4) is 16.9 Å². The van der Waals surface area contributed by atoms with Crippen LogP contribution in [0.25, 0.3) is 21.3 Å². The number of carbonyl (C=O) groups is 1. The second-order valence-corrected chi connectivity index (χ2v) is 8.44. The number of carboxylic acids is 1. The van der Waals surface area contributed by atoms with Crippen LogP contribution < -0.4 is 10.3 Å². The molecule has 0 aliphatic rings. The van der Waals surface area contributed by atoms with E-state index >= 15 is 0 Å². The van der Waals surface area contributed by atoms with E-state index < -0.39 is 5.97 Å². The van der Waals surface area contributed by atoms with E-state index in [0.717, 1.165) is 28.2 Å². The van der Waals surface area contributed by atoms with Crippen molar-refractivity contribution in [3.63, 3.8) is 0 Å². The van der Waals surface area contributed by atoms with Crippen molar-refractivity contribution < 1.29 is 19.1 Å². The number of thiophene rings is 1. The van der Waals surface area contributed by atoms with Gasteiger partial charge in [0.15, 0.2) is 5.16 Å². The van der Waals surface area contributed by atoms with Crippen LogP contribution in [0.5, 0.6) is 5.75 Å². The number of furan rings is 1. The van der Waals surface area contributed by atoms with Crippen molar-refractivity contribution >= 4 is 39.3 Å². The number of fused-ring (bicyclic) bond motifs is 1. The van der Waals surface area contributed by atoms with Gasteiger partial charge in [0.25, 0.3) is 5.56 Å². The van der Waals surface area contributed by atoms with Gasteiger partial charge in [0.05, 0.1) is 18.2 Å². The average molecular weight is 443 g/mol. The molecular weight excluding hydrogens is 424 g/mol. The maximum absolute atomic E-state index is 12.9. The monoisotopic (exact) mass is 442 g/mol. The third kappa shape index (κ3) is 3.86. The lowest BCUT2D eigenvalue weighted by Gasteiger charge is -2.06. The number of benzene rings is 1. The topological polar surface area (TPSA) is 105 Å². The van der Waals surface area contributed by atoms with Crippen molar-refractivity contribution in [1.82, 2.24) is 9.97 Å². The summed E-state index contributed by atoms with van der Waals surface area (Å²) in [7, 11) is 1.61. The summed E-state index contributed by atoms with van der Waals surface area (Å²) in [5, 5.41) is 9.98. The lowest BCUT2D eigenvalue weighted by Crippen LogP contribution is -2.08. The summed E-state index contributed by atoms with van der Waals surface area (Å²) < 4.78 is 10.6. The third-order valence-electron chi connectivity index (χ3n) is 4.52. The number of thioether (sulfide) groups is 1. The second kappa shape index (κ2) is 8.37. The highest BCUT2D eigenvalue weighted by Gasteiger charge is 2.19. The van der Waals surface area contributed by atoms with E-state index in [1.807, 2.05) is 24.3 Å². The standard InChI is InChI=1S/C21H18N2O5S2/c1-3-15-16(11-5-4-6-12(9-11)27-2)17-18(24)22-21(23-19(17)30-15)29-10-13-7-8-14(28-13)20(25)26/h4-9H,3,10H2,1-2H3,(H,25,26)(H,22,23,24). The Hall–Kier alpha value is -3.04. The molecule has 3 aromatic heterocycles. The van der Waals surface area contributed by atoms with Gasteiger partial charge < -0.3 is 19.2 Å². The fraction of sp³-hybridized carbons (Fsp3) is 0.190. The number of aryl methyl sites for hydroxylation is 1. The van der Waals surface area contributed by atoms with Gasteiger partial charge in [-0.25, -0.2) is 9.78 Å². The van der Waals surface area contributed by atoms with Crippen LogP contribution in [0.2, 0.25) is 0 Å². The lowest BCUT2D eigenvalue weighted by atomic mass is 10.0. The van der Waals surface area contributed by atoms with E-state index in [9.17, 15) is 9.59 Å². The highest BCUT2D eigenvalue weighted by atomic mass is 32.2. The van der Waals surface area contributed by atoms with Crippen LogP contribution in [0, 0.1) is 0 Å². The SMILES string of the molecule is CCc1sc2nc(SCc3ccc(C(=O)O)o3)[nH]c(=O)c2c1-c1cccc(OC)c1. The maximum Gasteiger partial charge on any atom is 0.371 e. The van der Waals surface area contributed by atoms with Crippen LogP contribution in [0.15, 0.2) is 50.8 Å². The van der Waals surface area contributed by atoms with E-state index in [1.54, 1.807) is 13.2 Å². The van der Waals surface area contributed by atoms with E-state index in [0.29, 0.717) is 26.9 Å². The number of aromatic amines is 1. The van der Waals surface area contributed by atoms with Gasteiger partial charge >= 0.3 is 5.97 Å². The van der Waals surface area contributed by atoms with Crippen LogP contribution in [0.1, 0.15) is 28.1 Å². The molecule has 1 aromatic carbocycles. The Morgan fingerprint density at radius 3 is 2.87 bits per heavy atom. The molecule has 30 heavy (non-hydrogen) atoms. The summed E-state index contributed by atoms with van der Waals surface area (Å²) >= 11 is 2.79. The summed E-state index contributed by atoms with van der Waals surface area (Å²) in [6, 6.07) is 10.7. The van der Waals surface area contributed by atoms with Crippen LogP contribution in [-0.2, 0) is 12.2 Å². The highest BCUT2D eigenvalue weighted by Crippen LogP contribution is 2.38. The molecule has 0 amide bonds. The van der Waals surface area contributed by atoms with Crippen LogP contribution in [-0.4, -0.2) is 28.2 Å². The summed E-state index contributed by atoms with van der Waals surface area (Å²) in [5.41, 5.74) is 1.60. The van der Waals surface area contributed by atoms with E-state index in [4.69, 9.17) is 14.3 Å². The zero-order valence-corrected chi connectivity index (χ0v) is 17.9. The Morgan fingerprint density at radius 1 is 1.33 bits per heavy atom. The number of nitrogens with zero attached hydrogens (tertiary/aromatic N) is 1. The average Bonchev–Trinajstić information content (AvgIpc) is 3.37. The molecule has 0 aliphatic carbocycles. The van der Waals surface area contributed by atoms with Crippen molar-refractivity contribution in [1.29, 1.82) is 0 Å². The van der Waals surface area contributed by atoms with Crippen LogP contribution in [0.4, 0.5) is 0 Å². The molecule has 154 valence electrons. The molecular formula is C21H18N2O5S2. The van der Waals surface area contributed by atoms with Crippen molar-refractivity contribution in [2.75, 3.05) is 7.11 Å². The zero-order chi connectivity index (χ0) is 21.3. The zero-order valence-electron chi connectivity index (χ0n) is 16.2. The lowest BCUT2D eigenvalue weighted by molar-refractivity contribution is 0.0661. The van der Waals surface area contributed by atoms with Gasteiger partial charge in [-0.1, -0.05) is 30.8 Å². The fourth-order valence-electron chi connectivity index (χ4n) is 3.15.